The highest BCUT2D eigenvalue weighted by Crippen LogP contribution is 2.26. The Morgan fingerprint density at radius 1 is 0.895 bits per heavy atom. The van der Waals surface area contributed by atoms with Crippen LogP contribution in [0.2, 0.25) is 0 Å². The second-order valence-electron chi connectivity index (χ2n) is 9.59. The van der Waals surface area contributed by atoms with Crippen molar-refractivity contribution in [1.82, 2.24) is 10.2 Å². The summed E-state index contributed by atoms with van der Waals surface area (Å²) in [7, 11) is -4.09. The summed E-state index contributed by atoms with van der Waals surface area (Å²) >= 11 is 3.38. The highest BCUT2D eigenvalue weighted by molar-refractivity contribution is 9.10. The first-order valence-electron chi connectivity index (χ1n) is 12.4. The van der Waals surface area contributed by atoms with Crippen LogP contribution < -0.4 is 9.62 Å². The molecule has 1 atom stereocenters. The van der Waals surface area contributed by atoms with Gasteiger partial charge in [0.25, 0.3) is 10.0 Å². The van der Waals surface area contributed by atoms with E-state index in [4.69, 9.17) is 0 Å². The zero-order valence-corrected chi connectivity index (χ0v) is 24.7. The van der Waals surface area contributed by atoms with Crippen molar-refractivity contribution in [2.75, 3.05) is 10.8 Å². The van der Waals surface area contributed by atoms with E-state index in [1.807, 2.05) is 52.0 Å². The first-order valence-corrected chi connectivity index (χ1v) is 14.6. The lowest BCUT2D eigenvalue weighted by molar-refractivity contribution is -0.139. The highest BCUT2D eigenvalue weighted by atomic mass is 79.9. The average Bonchev–Trinajstić information content (AvgIpc) is 2.86. The van der Waals surface area contributed by atoms with Crippen molar-refractivity contribution in [3.05, 3.63) is 94.0 Å². The van der Waals surface area contributed by atoms with Gasteiger partial charge in [0.15, 0.2) is 0 Å². The third-order valence-corrected chi connectivity index (χ3v) is 8.52. The highest BCUT2D eigenvalue weighted by Gasteiger charge is 2.32. The fourth-order valence-electron chi connectivity index (χ4n) is 3.93. The van der Waals surface area contributed by atoms with Crippen LogP contribution in [0.3, 0.4) is 0 Å². The summed E-state index contributed by atoms with van der Waals surface area (Å²) in [5.74, 6) is -0.795. The van der Waals surface area contributed by atoms with Gasteiger partial charge in [-0.25, -0.2) is 8.42 Å². The fraction of sp³-hybridized carbons (Fsp3) is 0.310. The molecule has 0 aliphatic heterocycles. The second kappa shape index (κ2) is 12.6. The number of sulfonamides is 1. The molecular formula is C29H34BrN3O4S. The fourth-order valence-corrected chi connectivity index (χ4v) is 5.61. The zero-order chi connectivity index (χ0) is 28.0. The van der Waals surface area contributed by atoms with Crippen LogP contribution in [0.5, 0.6) is 0 Å². The number of carbonyl (C=O) groups excluding carboxylic acids is 2. The molecule has 0 fully saturated rings. The van der Waals surface area contributed by atoms with Gasteiger partial charge in [-0.15, -0.1) is 0 Å². The first kappa shape index (κ1) is 29.4. The maximum atomic E-state index is 13.9. The Labute approximate surface area is 234 Å². The van der Waals surface area contributed by atoms with E-state index >= 15 is 0 Å². The Balaban J connectivity index is 2.03. The molecule has 0 radical (unpaired) electrons. The number of rotatable bonds is 10. The van der Waals surface area contributed by atoms with Gasteiger partial charge in [-0.2, -0.15) is 0 Å². The minimum absolute atomic E-state index is 0.0786. The van der Waals surface area contributed by atoms with E-state index in [9.17, 15) is 18.0 Å². The van der Waals surface area contributed by atoms with Crippen molar-refractivity contribution in [3.63, 3.8) is 0 Å². The molecule has 9 heteroatoms. The molecule has 1 N–H and O–H groups in total. The van der Waals surface area contributed by atoms with Crippen LogP contribution in [0.25, 0.3) is 0 Å². The molecule has 2 amide bonds. The van der Waals surface area contributed by atoms with Crippen molar-refractivity contribution < 1.29 is 18.0 Å². The lowest BCUT2D eigenvalue weighted by Gasteiger charge is -2.32. The van der Waals surface area contributed by atoms with Gasteiger partial charge in [-0.1, -0.05) is 57.9 Å². The second-order valence-corrected chi connectivity index (χ2v) is 12.4. The monoisotopic (exact) mass is 599 g/mol. The number of hydrogen-bond donors (Lipinski definition) is 1. The molecule has 1 unspecified atom stereocenters. The number of halogens is 1. The summed E-state index contributed by atoms with van der Waals surface area (Å²) in [5, 5.41) is 2.86. The Kier molecular flexibility index (Phi) is 9.73. The van der Waals surface area contributed by atoms with Crippen LogP contribution in [-0.2, 0) is 26.2 Å². The van der Waals surface area contributed by atoms with Crippen LogP contribution in [0.4, 0.5) is 5.69 Å². The van der Waals surface area contributed by atoms with Gasteiger partial charge in [0.1, 0.15) is 12.6 Å². The molecule has 3 aromatic carbocycles. The Morgan fingerprint density at radius 2 is 1.50 bits per heavy atom. The normalized spacial score (nSPS) is 12.2. The van der Waals surface area contributed by atoms with Gasteiger partial charge >= 0.3 is 0 Å². The quantitative estimate of drug-likeness (QED) is 0.347. The first-order chi connectivity index (χ1) is 17.9. The Bertz CT molecular complexity index is 1370. The summed E-state index contributed by atoms with van der Waals surface area (Å²) in [4.78, 5) is 28.4. The SMILES string of the molecule is Cc1ccc(S(=O)(=O)N(CC(=O)N(Cc2ccccc2C)C(C)C(=O)NC(C)C)c2ccc(Br)cc2)cc1. The molecule has 0 heterocycles. The van der Waals surface area contributed by atoms with Gasteiger partial charge in [-0.3, -0.25) is 13.9 Å². The van der Waals surface area contributed by atoms with Gasteiger partial charge in [0, 0.05) is 17.1 Å². The summed E-state index contributed by atoms with van der Waals surface area (Å²) in [6.45, 7) is 8.86. The lowest BCUT2D eigenvalue weighted by atomic mass is 10.1. The molecule has 0 bridgehead atoms. The predicted octanol–water partition coefficient (Wildman–Crippen LogP) is 5.20. The smallest absolute Gasteiger partial charge is 0.264 e. The van der Waals surface area contributed by atoms with E-state index in [0.29, 0.717) is 5.69 Å². The molecule has 202 valence electrons. The molecule has 0 aliphatic carbocycles. The molecule has 38 heavy (non-hydrogen) atoms. The molecule has 0 saturated heterocycles. The summed E-state index contributed by atoms with van der Waals surface area (Å²) < 4.78 is 29.5. The third kappa shape index (κ3) is 7.23. The van der Waals surface area contributed by atoms with Crippen LogP contribution in [-0.4, -0.2) is 43.8 Å². The van der Waals surface area contributed by atoms with Crippen molar-refractivity contribution in [2.24, 2.45) is 0 Å². The third-order valence-electron chi connectivity index (χ3n) is 6.20. The molecule has 3 aromatic rings. The van der Waals surface area contributed by atoms with Crippen molar-refractivity contribution in [3.8, 4) is 0 Å². The number of hydrogen-bond acceptors (Lipinski definition) is 4. The lowest BCUT2D eigenvalue weighted by Crippen LogP contribution is -2.52. The number of carbonyl (C=O) groups is 2. The van der Waals surface area contributed by atoms with Gasteiger partial charge < -0.3 is 10.2 Å². The van der Waals surface area contributed by atoms with Crippen LogP contribution in [0.1, 0.15) is 37.5 Å². The van der Waals surface area contributed by atoms with Crippen molar-refractivity contribution >= 4 is 43.5 Å². The molecule has 0 saturated carbocycles. The maximum absolute atomic E-state index is 13.9. The van der Waals surface area contributed by atoms with Crippen LogP contribution in [0, 0.1) is 13.8 Å². The maximum Gasteiger partial charge on any atom is 0.264 e. The van der Waals surface area contributed by atoms with E-state index in [-0.39, 0.29) is 23.4 Å². The van der Waals surface area contributed by atoms with E-state index in [1.165, 1.54) is 17.0 Å². The van der Waals surface area contributed by atoms with E-state index in [0.717, 1.165) is 25.5 Å². The Morgan fingerprint density at radius 3 is 2.08 bits per heavy atom. The minimum atomic E-state index is -4.09. The molecule has 3 rings (SSSR count). The number of nitrogens with zero attached hydrogens (tertiary/aromatic N) is 2. The summed E-state index contributed by atoms with van der Waals surface area (Å²) in [6.07, 6.45) is 0. The standard InChI is InChI=1S/C29H34BrN3O4S/c1-20(2)31-29(35)23(5)32(18-24-9-7-6-8-22(24)4)28(34)19-33(26-14-12-25(30)13-15-26)38(36,37)27-16-10-21(3)11-17-27/h6-17,20,23H,18-19H2,1-5H3,(H,31,35). The van der Waals surface area contributed by atoms with Crippen molar-refractivity contribution in [1.29, 1.82) is 0 Å². The zero-order valence-electron chi connectivity index (χ0n) is 22.3. The van der Waals surface area contributed by atoms with Crippen LogP contribution >= 0.6 is 15.9 Å². The molecular weight excluding hydrogens is 566 g/mol. The number of anilines is 1. The van der Waals surface area contributed by atoms with Gasteiger partial charge in [0.2, 0.25) is 11.8 Å². The van der Waals surface area contributed by atoms with Gasteiger partial charge in [-0.05, 0) is 82.1 Å². The number of nitrogens with one attached hydrogen (secondary N) is 1. The van der Waals surface area contributed by atoms with E-state index in [1.54, 1.807) is 43.3 Å². The van der Waals surface area contributed by atoms with E-state index in [2.05, 4.69) is 21.2 Å². The number of aryl methyl sites for hydroxylation is 2. The van der Waals surface area contributed by atoms with Gasteiger partial charge in [0.05, 0.1) is 10.6 Å². The topological polar surface area (TPSA) is 86.8 Å². The molecule has 0 aliphatic rings. The summed E-state index contributed by atoms with van der Waals surface area (Å²) in [5.41, 5.74) is 3.11. The number of amides is 2. The van der Waals surface area contributed by atoms with Crippen LogP contribution in [0.15, 0.2) is 82.2 Å². The Hall–Kier alpha value is -3.17. The summed E-state index contributed by atoms with van der Waals surface area (Å²) in [6, 6.07) is 19.9. The molecule has 0 spiro atoms. The largest absolute Gasteiger partial charge is 0.352 e. The molecule has 0 aromatic heterocycles. The predicted molar refractivity (Wildman–Crippen MR) is 154 cm³/mol. The number of benzene rings is 3. The average molecular weight is 601 g/mol. The minimum Gasteiger partial charge on any atom is -0.352 e. The van der Waals surface area contributed by atoms with Crippen molar-refractivity contribution in [2.45, 2.75) is 58.1 Å². The molecule has 7 nitrogen and oxygen atoms in total. The van der Waals surface area contributed by atoms with E-state index < -0.39 is 28.5 Å².